The Balaban J connectivity index is 1.80. The highest BCUT2D eigenvalue weighted by atomic mass is 16.5. The first-order valence-corrected chi connectivity index (χ1v) is 7.13. The molecule has 106 valence electrons. The summed E-state index contributed by atoms with van der Waals surface area (Å²) in [6.07, 6.45) is 5.89. The van der Waals surface area contributed by atoms with Gasteiger partial charge in [0.2, 0.25) is 0 Å². The second-order valence-electron chi connectivity index (χ2n) is 5.00. The van der Waals surface area contributed by atoms with Crippen LogP contribution in [0.1, 0.15) is 43.8 Å². The third-order valence-electron chi connectivity index (χ3n) is 3.27. The average Bonchev–Trinajstić information content (AvgIpc) is 3.27. The molecule has 0 saturated heterocycles. The van der Waals surface area contributed by atoms with Crippen molar-refractivity contribution in [2.24, 2.45) is 0 Å². The zero-order valence-electron chi connectivity index (χ0n) is 11.9. The van der Waals surface area contributed by atoms with Crippen LogP contribution >= 0.6 is 0 Å². The third-order valence-corrected chi connectivity index (χ3v) is 3.27. The number of hydrogen-bond acceptors (Lipinski definition) is 5. The number of nitrogens with one attached hydrogen (secondary N) is 2. The number of aromatic nitrogens is 2. The molecule has 2 N–H and O–H groups in total. The van der Waals surface area contributed by atoms with Crippen LogP contribution < -0.4 is 10.6 Å². The molecule has 0 bridgehead atoms. The number of unbranched alkanes of at least 4 members (excludes halogenated alkanes) is 2. The van der Waals surface area contributed by atoms with Gasteiger partial charge in [0.05, 0.1) is 0 Å². The summed E-state index contributed by atoms with van der Waals surface area (Å²) in [5.41, 5.74) is 0. The standard InChI is InChI=1S/C14H24N4O/c1-15-12-10-13(16-8-4-3-5-9-19-2)18-14(17-12)11-6-7-11/h10-11H,3-9H2,1-2H3,(H2,15,16,17,18). The highest BCUT2D eigenvalue weighted by molar-refractivity contribution is 5.47. The SMILES string of the molecule is CNc1cc(NCCCCCOC)nc(C2CC2)n1. The number of ether oxygens (including phenoxy) is 1. The lowest BCUT2D eigenvalue weighted by Gasteiger charge is -2.09. The van der Waals surface area contributed by atoms with Crippen LogP contribution in [0.15, 0.2) is 6.07 Å². The molecular weight excluding hydrogens is 240 g/mol. The summed E-state index contributed by atoms with van der Waals surface area (Å²) in [5.74, 6) is 3.40. The number of anilines is 2. The van der Waals surface area contributed by atoms with Gasteiger partial charge in [-0.05, 0) is 32.1 Å². The van der Waals surface area contributed by atoms with E-state index in [0.29, 0.717) is 5.92 Å². The fourth-order valence-electron chi connectivity index (χ4n) is 1.97. The summed E-state index contributed by atoms with van der Waals surface area (Å²) in [4.78, 5) is 9.09. The lowest BCUT2D eigenvalue weighted by molar-refractivity contribution is 0.192. The van der Waals surface area contributed by atoms with E-state index in [-0.39, 0.29) is 0 Å². The maximum atomic E-state index is 5.04. The number of hydrogen-bond donors (Lipinski definition) is 2. The molecule has 1 heterocycles. The van der Waals surface area contributed by atoms with Gasteiger partial charge in [-0.25, -0.2) is 9.97 Å². The molecule has 0 aromatic carbocycles. The Hall–Kier alpha value is -1.36. The number of methoxy groups -OCH3 is 1. The summed E-state index contributed by atoms with van der Waals surface area (Å²) in [5, 5.41) is 6.49. The van der Waals surface area contributed by atoms with Gasteiger partial charge in [0.15, 0.2) is 0 Å². The van der Waals surface area contributed by atoms with E-state index in [1.165, 1.54) is 19.3 Å². The molecule has 1 aliphatic rings. The Morgan fingerprint density at radius 3 is 2.68 bits per heavy atom. The first-order valence-electron chi connectivity index (χ1n) is 7.13. The van der Waals surface area contributed by atoms with Crippen molar-refractivity contribution in [3.8, 4) is 0 Å². The topological polar surface area (TPSA) is 59.1 Å². The predicted molar refractivity (Wildman–Crippen MR) is 77.8 cm³/mol. The van der Waals surface area contributed by atoms with Crippen LogP contribution in [-0.2, 0) is 4.74 Å². The first-order chi connectivity index (χ1) is 9.33. The lowest BCUT2D eigenvalue weighted by atomic mass is 10.2. The number of nitrogens with zero attached hydrogens (tertiary/aromatic N) is 2. The summed E-state index contributed by atoms with van der Waals surface area (Å²) in [6.45, 7) is 1.80. The Morgan fingerprint density at radius 1 is 1.21 bits per heavy atom. The average molecular weight is 264 g/mol. The Labute approximate surface area is 115 Å². The zero-order chi connectivity index (χ0) is 13.5. The van der Waals surface area contributed by atoms with Gasteiger partial charge in [-0.15, -0.1) is 0 Å². The molecule has 0 unspecified atom stereocenters. The highest BCUT2D eigenvalue weighted by Gasteiger charge is 2.27. The molecule has 1 fully saturated rings. The van der Waals surface area contributed by atoms with Crippen molar-refractivity contribution >= 4 is 11.6 Å². The monoisotopic (exact) mass is 264 g/mol. The molecule has 0 atom stereocenters. The maximum Gasteiger partial charge on any atom is 0.136 e. The molecule has 1 saturated carbocycles. The quantitative estimate of drug-likeness (QED) is 0.671. The van der Waals surface area contributed by atoms with Gasteiger partial charge in [-0.2, -0.15) is 0 Å². The first kappa shape index (κ1) is 14.1. The second kappa shape index (κ2) is 7.28. The van der Waals surface area contributed by atoms with Gasteiger partial charge < -0.3 is 15.4 Å². The van der Waals surface area contributed by atoms with E-state index < -0.39 is 0 Å². The smallest absolute Gasteiger partial charge is 0.136 e. The van der Waals surface area contributed by atoms with E-state index >= 15 is 0 Å². The van der Waals surface area contributed by atoms with Crippen molar-refractivity contribution in [1.82, 2.24) is 9.97 Å². The minimum absolute atomic E-state index is 0.579. The predicted octanol–water partition coefficient (Wildman–Crippen LogP) is 2.62. The van der Waals surface area contributed by atoms with Gasteiger partial charge in [0.25, 0.3) is 0 Å². The van der Waals surface area contributed by atoms with Crippen LogP contribution in [0.5, 0.6) is 0 Å². The largest absolute Gasteiger partial charge is 0.385 e. The molecule has 19 heavy (non-hydrogen) atoms. The van der Waals surface area contributed by atoms with Crippen molar-refractivity contribution in [3.05, 3.63) is 11.9 Å². The van der Waals surface area contributed by atoms with Crippen molar-refractivity contribution in [2.75, 3.05) is 37.9 Å². The Kier molecular flexibility index (Phi) is 5.39. The molecule has 0 radical (unpaired) electrons. The van der Waals surface area contributed by atoms with Crippen molar-refractivity contribution in [2.45, 2.75) is 38.0 Å². The van der Waals surface area contributed by atoms with E-state index in [9.17, 15) is 0 Å². The number of rotatable bonds is 9. The highest BCUT2D eigenvalue weighted by Crippen LogP contribution is 2.38. The molecule has 5 heteroatoms. The molecule has 0 amide bonds. The van der Waals surface area contributed by atoms with Gasteiger partial charge in [0, 0.05) is 39.3 Å². The minimum atomic E-state index is 0.579. The second-order valence-corrected chi connectivity index (χ2v) is 5.00. The Morgan fingerprint density at radius 2 is 2.00 bits per heavy atom. The molecule has 1 aromatic heterocycles. The van der Waals surface area contributed by atoms with E-state index in [0.717, 1.165) is 43.5 Å². The molecule has 0 aliphatic heterocycles. The van der Waals surface area contributed by atoms with Crippen LogP contribution in [0.2, 0.25) is 0 Å². The fourth-order valence-corrected chi connectivity index (χ4v) is 1.97. The van der Waals surface area contributed by atoms with Crippen molar-refractivity contribution in [1.29, 1.82) is 0 Å². The molecule has 2 rings (SSSR count). The van der Waals surface area contributed by atoms with Crippen LogP contribution in [0.25, 0.3) is 0 Å². The van der Waals surface area contributed by atoms with E-state index in [4.69, 9.17) is 4.74 Å². The molecular formula is C14H24N4O. The van der Waals surface area contributed by atoms with Crippen LogP contribution in [-0.4, -0.2) is 37.3 Å². The molecule has 1 aliphatic carbocycles. The van der Waals surface area contributed by atoms with Crippen LogP contribution in [0.3, 0.4) is 0 Å². The van der Waals surface area contributed by atoms with Gasteiger partial charge in [-0.3, -0.25) is 0 Å². The maximum absolute atomic E-state index is 5.04. The van der Waals surface area contributed by atoms with Gasteiger partial charge >= 0.3 is 0 Å². The van der Waals surface area contributed by atoms with E-state index in [1.54, 1.807) is 7.11 Å². The minimum Gasteiger partial charge on any atom is -0.385 e. The summed E-state index contributed by atoms with van der Waals surface area (Å²) in [7, 11) is 3.64. The summed E-state index contributed by atoms with van der Waals surface area (Å²) < 4.78 is 5.04. The van der Waals surface area contributed by atoms with E-state index in [1.807, 2.05) is 13.1 Å². The lowest BCUT2D eigenvalue weighted by Crippen LogP contribution is -2.07. The zero-order valence-corrected chi connectivity index (χ0v) is 11.9. The van der Waals surface area contributed by atoms with Crippen LogP contribution in [0.4, 0.5) is 11.6 Å². The fraction of sp³-hybridized carbons (Fsp3) is 0.714. The van der Waals surface area contributed by atoms with Gasteiger partial charge in [0.1, 0.15) is 17.5 Å². The molecule has 0 spiro atoms. The summed E-state index contributed by atoms with van der Waals surface area (Å²) >= 11 is 0. The normalized spacial score (nSPS) is 14.4. The van der Waals surface area contributed by atoms with Gasteiger partial charge in [-0.1, -0.05) is 0 Å². The van der Waals surface area contributed by atoms with Crippen molar-refractivity contribution < 1.29 is 4.74 Å². The molecule has 1 aromatic rings. The Bertz CT molecular complexity index is 393. The molecule has 5 nitrogen and oxygen atoms in total. The van der Waals surface area contributed by atoms with Crippen LogP contribution in [0, 0.1) is 0 Å². The third kappa shape index (κ3) is 4.67. The van der Waals surface area contributed by atoms with E-state index in [2.05, 4.69) is 20.6 Å². The summed E-state index contributed by atoms with van der Waals surface area (Å²) in [6, 6.07) is 1.97. The van der Waals surface area contributed by atoms with Crippen molar-refractivity contribution in [3.63, 3.8) is 0 Å².